The minimum atomic E-state index is -3.02. The van der Waals surface area contributed by atoms with Gasteiger partial charge in [-0.15, -0.1) is 11.3 Å². The first-order valence-electron chi connectivity index (χ1n) is 6.11. The molecule has 3 N–H and O–H groups in total. The molecule has 18 heavy (non-hydrogen) atoms. The number of rotatable bonds is 4. The second-order valence-electron chi connectivity index (χ2n) is 4.74. The Morgan fingerprint density at radius 2 is 2.39 bits per heavy atom. The Labute approximate surface area is 112 Å². The lowest BCUT2D eigenvalue weighted by Gasteiger charge is -2.29. The van der Waals surface area contributed by atoms with Crippen molar-refractivity contribution >= 4 is 21.2 Å². The van der Waals surface area contributed by atoms with E-state index < -0.39 is 9.84 Å². The molecule has 1 aromatic heterocycles. The Morgan fingerprint density at radius 1 is 1.61 bits per heavy atom. The van der Waals surface area contributed by atoms with Crippen LogP contribution in [0.25, 0.3) is 0 Å². The predicted molar refractivity (Wildman–Crippen MR) is 73.1 cm³/mol. The average Bonchev–Trinajstić information content (AvgIpc) is 2.72. The molecule has 2 atom stereocenters. The molecule has 0 spiro atoms. The minimum Gasteiger partial charge on any atom is -0.271 e. The average molecular weight is 289 g/mol. The first-order chi connectivity index (χ1) is 8.53. The first-order valence-corrected chi connectivity index (χ1v) is 8.71. The molecular formula is C11H19N3O2S2. The molecule has 2 rings (SSSR count). The summed E-state index contributed by atoms with van der Waals surface area (Å²) in [5.41, 5.74) is 3.59. The van der Waals surface area contributed by atoms with E-state index in [0.717, 1.165) is 23.5 Å². The third-order valence-corrected chi connectivity index (χ3v) is 6.55. The SMILES string of the molecule is Cc1nc(CC(NN)C2CCCCS2(=O)=O)cs1. The van der Waals surface area contributed by atoms with Crippen LogP contribution in [0.3, 0.4) is 0 Å². The zero-order valence-corrected chi connectivity index (χ0v) is 12.1. The number of hydrazine groups is 1. The highest BCUT2D eigenvalue weighted by Gasteiger charge is 2.35. The molecule has 1 aliphatic heterocycles. The van der Waals surface area contributed by atoms with Crippen molar-refractivity contribution in [3.05, 3.63) is 16.1 Å². The lowest BCUT2D eigenvalue weighted by Crippen LogP contribution is -2.50. The molecule has 0 radical (unpaired) electrons. The van der Waals surface area contributed by atoms with Gasteiger partial charge in [0.25, 0.3) is 0 Å². The molecule has 0 bridgehead atoms. The van der Waals surface area contributed by atoms with Crippen LogP contribution in [0.5, 0.6) is 0 Å². The molecule has 1 aromatic rings. The van der Waals surface area contributed by atoms with Gasteiger partial charge in [0.05, 0.1) is 21.7 Å². The van der Waals surface area contributed by atoms with E-state index in [1.807, 2.05) is 12.3 Å². The van der Waals surface area contributed by atoms with Gasteiger partial charge in [-0.2, -0.15) is 0 Å². The Kier molecular flexibility index (Phi) is 4.37. The van der Waals surface area contributed by atoms with Crippen LogP contribution < -0.4 is 11.3 Å². The summed E-state index contributed by atoms with van der Waals surface area (Å²) in [7, 11) is -3.02. The molecule has 1 fully saturated rings. The number of thiazole rings is 1. The van der Waals surface area contributed by atoms with Gasteiger partial charge >= 0.3 is 0 Å². The highest BCUT2D eigenvalue weighted by atomic mass is 32.2. The lowest BCUT2D eigenvalue weighted by molar-refractivity contribution is 0.438. The topological polar surface area (TPSA) is 85.1 Å². The number of nitrogens with one attached hydrogen (secondary N) is 1. The van der Waals surface area contributed by atoms with Gasteiger partial charge in [0.2, 0.25) is 0 Å². The van der Waals surface area contributed by atoms with E-state index in [9.17, 15) is 8.42 Å². The molecule has 0 amide bonds. The van der Waals surface area contributed by atoms with E-state index in [1.165, 1.54) is 0 Å². The van der Waals surface area contributed by atoms with Gasteiger partial charge in [-0.3, -0.25) is 11.3 Å². The van der Waals surface area contributed by atoms with Crippen molar-refractivity contribution in [2.24, 2.45) is 5.84 Å². The van der Waals surface area contributed by atoms with Crippen LogP contribution in [0.4, 0.5) is 0 Å². The Hall–Kier alpha value is -0.500. The molecule has 5 nitrogen and oxygen atoms in total. The second kappa shape index (κ2) is 5.64. The fraction of sp³-hybridized carbons (Fsp3) is 0.727. The van der Waals surface area contributed by atoms with Crippen molar-refractivity contribution in [3.63, 3.8) is 0 Å². The normalized spacial score (nSPS) is 24.9. The third-order valence-electron chi connectivity index (χ3n) is 3.39. The maximum Gasteiger partial charge on any atom is 0.154 e. The van der Waals surface area contributed by atoms with Gasteiger partial charge < -0.3 is 0 Å². The zero-order chi connectivity index (χ0) is 13.2. The number of nitrogens with zero attached hydrogens (tertiary/aromatic N) is 1. The minimum absolute atomic E-state index is 0.239. The van der Waals surface area contributed by atoms with E-state index in [-0.39, 0.29) is 17.0 Å². The van der Waals surface area contributed by atoms with Crippen molar-refractivity contribution < 1.29 is 8.42 Å². The Morgan fingerprint density at radius 3 is 2.94 bits per heavy atom. The summed E-state index contributed by atoms with van der Waals surface area (Å²) in [6, 6.07) is -0.239. The number of aromatic nitrogens is 1. The summed E-state index contributed by atoms with van der Waals surface area (Å²) in [5.74, 6) is 5.82. The number of hydrogen-bond acceptors (Lipinski definition) is 6. The van der Waals surface area contributed by atoms with E-state index >= 15 is 0 Å². The van der Waals surface area contributed by atoms with E-state index in [4.69, 9.17) is 5.84 Å². The highest BCUT2D eigenvalue weighted by molar-refractivity contribution is 7.92. The standard InChI is InChI=1S/C11H19N3O2S2/c1-8-13-9(7-17-8)6-10(14-12)11-4-2-3-5-18(11,15)16/h7,10-11,14H,2-6,12H2,1H3. The fourth-order valence-corrected chi connectivity index (χ4v) is 5.19. The number of hydrogen-bond donors (Lipinski definition) is 2. The number of aryl methyl sites for hydroxylation is 1. The van der Waals surface area contributed by atoms with Gasteiger partial charge in [0.1, 0.15) is 0 Å². The molecule has 0 aromatic carbocycles. The van der Waals surface area contributed by atoms with Crippen molar-refractivity contribution in [2.45, 2.75) is 43.9 Å². The van der Waals surface area contributed by atoms with Crippen LogP contribution in [-0.4, -0.2) is 30.4 Å². The van der Waals surface area contributed by atoms with Gasteiger partial charge in [-0.05, 0) is 19.8 Å². The summed E-state index contributed by atoms with van der Waals surface area (Å²) >= 11 is 1.57. The van der Waals surface area contributed by atoms with E-state index in [1.54, 1.807) is 11.3 Å². The summed E-state index contributed by atoms with van der Waals surface area (Å²) in [6.45, 7) is 1.94. The number of sulfone groups is 1. The van der Waals surface area contributed by atoms with Crippen LogP contribution in [0.2, 0.25) is 0 Å². The lowest BCUT2D eigenvalue weighted by atomic mass is 10.0. The van der Waals surface area contributed by atoms with Crippen molar-refractivity contribution in [1.82, 2.24) is 10.4 Å². The molecule has 0 aliphatic carbocycles. The molecule has 1 aliphatic rings. The zero-order valence-electron chi connectivity index (χ0n) is 10.4. The predicted octanol–water partition coefficient (Wildman–Crippen LogP) is 0.793. The smallest absolute Gasteiger partial charge is 0.154 e. The molecule has 2 heterocycles. The quantitative estimate of drug-likeness (QED) is 0.632. The monoisotopic (exact) mass is 289 g/mol. The van der Waals surface area contributed by atoms with Crippen molar-refractivity contribution in [2.75, 3.05) is 5.75 Å². The molecular weight excluding hydrogens is 270 g/mol. The van der Waals surface area contributed by atoms with E-state index in [0.29, 0.717) is 12.8 Å². The summed E-state index contributed by atoms with van der Waals surface area (Å²) < 4.78 is 24.1. The van der Waals surface area contributed by atoms with Gasteiger partial charge in [0.15, 0.2) is 9.84 Å². The molecule has 7 heteroatoms. The Bertz CT molecular complexity index is 498. The highest BCUT2D eigenvalue weighted by Crippen LogP contribution is 2.24. The molecule has 102 valence electrons. The van der Waals surface area contributed by atoms with Crippen LogP contribution in [0.1, 0.15) is 30.0 Å². The van der Waals surface area contributed by atoms with Crippen molar-refractivity contribution in [3.8, 4) is 0 Å². The fourth-order valence-electron chi connectivity index (χ4n) is 2.46. The van der Waals surface area contributed by atoms with Crippen LogP contribution in [0.15, 0.2) is 5.38 Å². The third kappa shape index (κ3) is 3.09. The first kappa shape index (κ1) is 13.9. The van der Waals surface area contributed by atoms with Crippen LogP contribution in [-0.2, 0) is 16.3 Å². The summed E-state index contributed by atoms with van der Waals surface area (Å²) in [4.78, 5) is 4.37. The maximum absolute atomic E-state index is 12.1. The molecule has 2 unspecified atom stereocenters. The number of nitrogens with two attached hydrogens (primary N) is 1. The summed E-state index contributed by atoms with van der Waals surface area (Å²) in [5, 5.41) is 2.58. The molecule has 0 saturated carbocycles. The maximum atomic E-state index is 12.1. The van der Waals surface area contributed by atoms with Gasteiger partial charge in [-0.1, -0.05) is 6.42 Å². The molecule has 1 saturated heterocycles. The van der Waals surface area contributed by atoms with Gasteiger partial charge in [0, 0.05) is 17.8 Å². The van der Waals surface area contributed by atoms with Crippen molar-refractivity contribution in [1.29, 1.82) is 0 Å². The van der Waals surface area contributed by atoms with Crippen LogP contribution in [0, 0.1) is 6.92 Å². The Balaban J connectivity index is 2.12. The van der Waals surface area contributed by atoms with E-state index in [2.05, 4.69) is 10.4 Å². The largest absolute Gasteiger partial charge is 0.271 e. The van der Waals surface area contributed by atoms with Crippen LogP contribution >= 0.6 is 11.3 Å². The van der Waals surface area contributed by atoms with Gasteiger partial charge in [-0.25, -0.2) is 13.4 Å². The second-order valence-corrected chi connectivity index (χ2v) is 8.14. The summed E-state index contributed by atoms with van der Waals surface area (Å²) in [6.07, 6.45) is 3.00.